The summed E-state index contributed by atoms with van der Waals surface area (Å²) >= 11 is 1.51. The average molecular weight is 291 g/mol. The first-order valence-electron chi connectivity index (χ1n) is 6.55. The lowest BCUT2D eigenvalue weighted by molar-refractivity contribution is 0.103. The summed E-state index contributed by atoms with van der Waals surface area (Å²) in [5.41, 5.74) is 2.48. The molecular formula is C18H13NOS. The topological polar surface area (TPSA) is 29.1 Å². The number of fused-ring (bicyclic) bond motifs is 1. The summed E-state index contributed by atoms with van der Waals surface area (Å²) in [6.07, 6.45) is 5.38. The van der Waals surface area contributed by atoms with E-state index >= 15 is 0 Å². The number of terminal acetylenes is 1. The Bertz CT molecular complexity index is 870. The van der Waals surface area contributed by atoms with Crippen molar-refractivity contribution < 1.29 is 4.79 Å². The van der Waals surface area contributed by atoms with E-state index in [4.69, 9.17) is 6.42 Å². The van der Waals surface area contributed by atoms with Crippen LogP contribution in [0.15, 0.2) is 48.5 Å². The van der Waals surface area contributed by atoms with E-state index in [1.807, 2.05) is 49.4 Å². The van der Waals surface area contributed by atoms with Crippen LogP contribution in [0.4, 0.5) is 5.69 Å². The molecule has 0 aliphatic heterocycles. The fourth-order valence-corrected chi connectivity index (χ4v) is 3.37. The second-order valence-corrected chi connectivity index (χ2v) is 5.78. The molecule has 0 bridgehead atoms. The first-order chi connectivity index (χ1) is 10.2. The number of nitrogens with one attached hydrogen (secondary N) is 1. The molecule has 0 saturated carbocycles. The number of hydrogen-bond donors (Lipinski definition) is 1. The van der Waals surface area contributed by atoms with E-state index in [2.05, 4.69) is 11.2 Å². The number of hydrogen-bond acceptors (Lipinski definition) is 2. The molecule has 1 amide bonds. The first-order valence-corrected chi connectivity index (χ1v) is 7.37. The molecule has 3 rings (SSSR count). The molecular weight excluding hydrogens is 278 g/mol. The molecule has 2 aromatic carbocycles. The number of thiophene rings is 1. The molecule has 0 atom stereocenters. The van der Waals surface area contributed by atoms with Crippen LogP contribution in [-0.4, -0.2) is 5.91 Å². The normalized spacial score (nSPS) is 10.3. The third kappa shape index (κ3) is 2.54. The van der Waals surface area contributed by atoms with E-state index in [-0.39, 0.29) is 5.91 Å². The van der Waals surface area contributed by atoms with Crippen molar-refractivity contribution in [1.82, 2.24) is 0 Å². The molecule has 0 radical (unpaired) electrons. The van der Waals surface area contributed by atoms with E-state index in [1.54, 1.807) is 6.07 Å². The summed E-state index contributed by atoms with van der Waals surface area (Å²) in [4.78, 5) is 13.2. The maximum absolute atomic E-state index is 12.5. The highest BCUT2D eigenvalue weighted by molar-refractivity contribution is 7.21. The molecule has 1 heterocycles. The molecule has 0 fully saturated rings. The largest absolute Gasteiger partial charge is 0.321 e. The van der Waals surface area contributed by atoms with Crippen LogP contribution in [-0.2, 0) is 0 Å². The van der Waals surface area contributed by atoms with Gasteiger partial charge in [0.05, 0.1) is 4.88 Å². The van der Waals surface area contributed by atoms with Gasteiger partial charge in [-0.2, -0.15) is 0 Å². The van der Waals surface area contributed by atoms with Crippen LogP contribution < -0.4 is 5.32 Å². The highest BCUT2D eigenvalue weighted by Crippen LogP contribution is 2.31. The third-order valence-corrected chi connectivity index (χ3v) is 4.61. The molecule has 0 aliphatic carbocycles. The standard InChI is InChI=1S/C18H13NOS/c1-3-13-7-6-8-14(11-13)19-18(20)17-12(2)15-9-4-5-10-16(15)21-17/h1,4-11H,2H3,(H,19,20). The SMILES string of the molecule is C#Cc1cccc(NC(=O)c2sc3ccccc3c2C)c1. The molecule has 102 valence electrons. The van der Waals surface area contributed by atoms with Gasteiger partial charge in [0.15, 0.2) is 0 Å². The van der Waals surface area contributed by atoms with Crippen LogP contribution in [0.5, 0.6) is 0 Å². The Morgan fingerprint density at radius 3 is 2.76 bits per heavy atom. The average Bonchev–Trinajstić information content (AvgIpc) is 2.85. The van der Waals surface area contributed by atoms with Gasteiger partial charge in [-0.05, 0) is 42.1 Å². The van der Waals surface area contributed by atoms with Crippen molar-refractivity contribution >= 4 is 33.0 Å². The molecule has 21 heavy (non-hydrogen) atoms. The van der Waals surface area contributed by atoms with Gasteiger partial charge in [-0.1, -0.05) is 30.2 Å². The van der Waals surface area contributed by atoms with Gasteiger partial charge in [-0.25, -0.2) is 0 Å². The second kappa shape index (κ2) is 5.43. The summed E-state index contributed by atoms with van der Waals surface area (Å²) in [7, 11) is 0. The van der Waals surface area contributed by atoms with Crippen molar-refractivity contribution in [2.45, 2.75) is 6.92 Å². The molecule has 1 aromatic heterocycles. The first kappa shape index (κ1) is 13.4. The lowest BCUT2D eigenvalue weighted by atomic mass is 10.1. The molecule has 0 saturated heterocycles. The molecule has 1 N–H and O–H groups in total. The van der Waals surface area contributed by atoms with Crippen molar-refractivity contribution in [3.05, 3.63) is 64.5 Å². The molecule has 0 unspecified atom stereocenters. The molecule has 0 spiro atoms. The van der Waals surface area contributed by atoms with Gasteiger partial charge in [0, 0.05) is 16.0 Å². The minimum Gasteiger partial charge on any atom is -0.321 e. The molecule has 2 nitrogen and oxygen atoms in total. The number of amides is 1. The van der Waals surface area contributed by atoms with Gasteiger partial charge in [0.1, 0.15) is 0 Å². The Labute approximate surface area is 127 Å². The van der Waals surface area contributed by atoms with Gasteiger partial charge in [-0.3, -0.25) is 4.79 Å². The maximum Gasteiger partial charge on any atom is 0.266 e. The van der Waals surface area contributed by atoms with E-state index < -0.39 is 0 Å². The Hall–Kier alpha value is -2.57. The van der Waals surface area contributed by atoms with E-state index in [0.29, 0.717) is 5.69 Å². The summed E-state index contributed by atoms with van der Waals surface area (Å²) in [5, 5.41) is 4.04. The predicted octanol–water partition coefficient (Wildman–Crippen LogP) is 4.44. The maximum atomic E-state index is 12.5. The van der Waals surface area contributed by atoms with Crippen molar-refractivity contribution in [3.8, 4) is 12.3 Å². The zero-order valence-corrected chi connectivity index (χ0v) is 12.3. The highest BCUT2D eigenvalue weighted by Gasteiger charge is 2.15. The number of benzene rings is 2. The van der Waals surface area contributed by atoms with Crippen molar-refractivity contribution in [2.24, 2.45) is 0 Å². The van der Waals surface area contributed by atoms with Crippen LogP contribution >= 0.6 is 11.3 Å². The fraction of sp³-hybridized carbons (Fsp3) is 0.0556. The summed E-state index contributed by atoms with van der Waals surface area (Å²) in [6, 6.07) is 15.3. The smallest absolute Gasteiger partial charge is 0.266 e. The lowest BCUT2D eigenvalue weighted by Gasteiger charge is -2.05. The van der Waals surface area contributed by atoms with Gasteiger partial charge >= 0.3 is 0 Å². The van der Waals surface area contributed by atoms with Crippen LogP contribution in [0, 0.1) is 19.3 Å². The second-order valence-electron chi connectivity index (χ2n) is 4.73. The van der Waals surface area contributed by atoms with Crippen LogP contribution in [0.1, 0.15) is 20.8 Å². The summed E-state index contributed by atoms with van der Waals surface area (Å²) < 4.78 is 1.12. The van der Waals surface area contributed by atoms with Gasteiger partial charge in [0.25, 0.3) is 5.91 Å². The van der Waals surface area contributed by atoms with Crippen LogP contribution in [0.25, 0.3) is 10.1 Å². The van der Waals surface area contributed by atoms with Crippen LogP contribution in [0.2, 0.25) is 0 Å². The van der Waals surface area contributed by atoms with Gasteiger partial charge < -0.3 is 5.32 Å². The number of aryl methyl sites for hydroxylation is 1. The number of carbonyl (C=O) groups is 1. The minimum absolute atomic E-state index is 0.0946. The van der Waals surface area contributed by atoms with Crippen molar-refractivity contribution in [3.63, 3.8) is 0 Å². The quantitative estimate of drug-likeness (QED) is 0.695. The Balaban J connectivity index is 1.94. The predicted molar refractivity (Wildman–Crippen MR) is 88.9 cm³/mol. The van der Waals surface area contributed by atoms with E-state index in [9.17, 15) is 4.79 Å². The van der Waals surface area contributed by atoms with E-state index in [1.165, 1.54) is 11.3 Å². The van der Waals surface area contributed by atoms with Crippen molar-refractivity contribution in [1.29, 1.82) is 0 Å². The fourth-order valence-electron chi connectivity index (χ4n) is 2.27. The molecule has 3 aromatic rings. The molecule has 0 aliphatic rings. The van der Waals surface area contributed by atoms with Gasteiger partial charge in [-0.15, -0.1) is 17.8 Å². The van der Waals surface area contributed by atoms with Crippen LogP contribution in [0.3, 0.4) is 0 Å². The third-order valence-electron chi connectivity index (χ3n) is 3.34. The zero-order valence-electron chi connectivity index (χ0n) is 11.5. The number of carbonyl (C=O) groups excluding carboxylic acids is 1. The number of anilines is 1. The lowest BCUT2D eigenvalue weighted by Crippen LogP contribution is -2.11. The Morgan fingerprint density at radius 2 is 2.00 bits per heavy atom. The summed E-state index contributed by atoms with van der Waals surface area (Å²) in [6.45, 7) is 1.98. The highest BCUT2D eigenvalue weighted by atomic mass is 32.1. The zero-order chi connectivity index (χ0) is 14.8. The minimum atomic E-state index is -0.0946. The number of rotatable bonds is 2. The van der Waals surface area contributed by atoms with E-state index in [0.717, 1.165) is 26.1 Å². The van der Waals surface area contributed by atoms with Gasteiger partial charge in [0.2, 0.25) is 0 Å². The summed E-state index contributed by atoms with van der Waals surface area (Å²) in [5.74, 6) is 2.47. The Kier molecular flexibility index (Phi) is 3.47. The monoisotopic (exact) mass is 291 g/mol. The Morgan fingerprint density at radius 1 is 1.19 bits per heavy atom. The molecule has 3 heteroatoms. The van der Waals surface area contributed by atoms with Crippen molar-refractivity contribution in [2.75, 3.05) is 5.32 Å².